The molecule has 11 nitrogen and oxygen atoms in total. The lowest BCUT2D eigenvalue weighted by atomic mass is 9.99. The molecule has 490 valence electrons. The second-order valence-corrected chi connectivity index (χ2v) is 23.9. The molecule has 1 fully saturated rings. The van der Waals surface area contributed by atoms with Gasteiger partial charge in [-0.3, -0.25) is 9.59 Å². The second kappa shape index (κ2) is 60.8. The Bertz CT molecular complexity index is 1750. The molecule has 8 atom stereocenters. The smallest absolute Gasteiger partial charge is 0.306 e. The number of esters is 1. The van der Waals surface area contributed by atoms with Crippen molar-refractivity contribution >= 4 is 11.9 Å². The van der Waals surface area contributed by atoms with Gasteiger partial charge in [0, 0.05) is 6.42 Å². The summed E-state index contributed by atoms with van der Waals surface area (Å²) in [5.74, 6) is -1.25. The first kappa shape index (κ1) is 79.6. The zero-order chi connectivity index (χ0) is 61.7. The van der Waals surface area contributed by atoms with Crippen molar-refractivity contribution in [1.82, 2.24) is 5.32 Å². The van der Waals surface area contributed by atoms with Crippen molar-refractivity contribution in [2.24, 2.45) is 0 Å². The van der Waals surface area contributed by atoms with Crippen molar-refractivity contribution in [3.05, 3.63) is 97.2 Å². The van der Waals surface area contributed by atoms with E-state index >= 15 is 0 Å². The number of amides is 1. The van der Waals surface area contributed by atoms with Gasteiger partial charge in [0.1, 0.15) is 24.4 Å². The van der Waals surface area contributed by atoms with E-state index in [1.807, 2.05) is 18.2 Å². The van der Waals surface area contributed by atoms with Crippen LogP contribution in [0.4, 0.5) is 0 Å². The quantitative estimate of drug-likeness (QED) is 0.0195. The van der Waals surface area contributed by atoms with Crippen molar-refractivity contribution < 1.29 is 49.3 Å². The van der Waals surface area contributed by atoms with Crippen LogP contribution in [-0.2, 0) is 23.8 Å². The van der Waals surface area contributed by atoms with Crippen LogP contribution < -0.4 is 5.32 Å². The van der Waals surface area contributed by atoms with Crippen LogP contribution in [0.3, 0.4) is 0 Å². The Kier molecular flexibility index (Phi) is 57.0. The highest BCUT2D eigenvalue weighted by atomic mass is 16.7. The summed E-state index contributed by atoms with van der Waals surface area (Å²) in [5.41, 5.74) is 0. The molecule has 0 aromatic heterocycles. The van der Waals surface area contributed by atoms with Crippen LogP contribution in [0.15, 0.2) is 97.2 Å². The van der Waals surface area contributed by atoms with Gasteiger partial charge in [-0.1, -0.05) is 291 Å². The van der Waals surface area contributed by atoms with Crippen LogP contribution in [0, 0.1) is 0 Å². The minimum absolute atomic E-state index is 0.0423. The lowest BCUT2D eigenvalue weighted by molar-refractivity contribution is -0.305. The first-order valence-electron chi connectivity index (χ1n) is 35.0. The lowest BCUT2D eigenvalue weighted by Gasteiger charge is -2.41. The number of allylic oxidation sites excluding steroid dienone is 15. The molecule has 1 saturated heterocycles. The number of ether oxygens (including phenoxy) is 3. The maximum atomic E-state index is 13.5. The lowest BCUT2D eigenvalue weighted by Crippen LogP contribution is -2.61. The molecule has 0 bridgehead atoms. The molecule has 0 aromatic carbocycles. The molecule has 0 saturated carbocycles. The first-order valence-corrected chi connectivity index (χ1v) is 35.0. The van der Waals surface area contributed by atoms with Crippen molar-refractivity contribution in [3.63, 3.8) is 0 Å². The third kappa shape index (κ3) is 48.2. The van der Waals surface area contributed by atoms with E-state index in [1.54, 1.807) is 6.08 Å². The van der Waals surface area contributed by atoms with Crippen LogP contribution in [0.1, 0.15) is 297 Å². The molecule has 1 heterocycles. The van der Waals surface area contributed by atoms with Crippen molar-refractivity contribution in [2.45, 2.75) is 346 Å². The topological polar surface area (TPSA) is 175 Å². The molecule has 6 N–H and O–H groups in total. The van der Waals surface area contributed by atoms with E-state index in [9.17, 15) is 35.1 Å². The summed E-state index contributed by atoms with van der Waals surface area (Å²) in [6.45, 7) is 5.65. The average molecular weight is 1190 g/mol. The van der Waals surface area contributed by atoms with E-state index < -0.39 is 67.4 Å². The van der Waals surface area contributed by atoms with Gasteiger partial charge in [-0.05, 0) is 96.3 Å². The number of nitrogens with one attached hydrogen (secondary N) is 1. The van der Waals surface area contributed by atoms with Gasteiger partial charge in [0.2, 0.25) is 5.91 Å². The van der Waals surface area contributed by atoms with Crippen LogP contribution in [0.25, 0.3) is 0 Å². The first-order chi connectivity index (χ1) is 41.7. The standard InChI is InChI=1S/C74H129NO10/c1-4-7-10-13-16-19-22-25-27-29-30-31-32-33-34-35-36-37-39-40-43-46-49-52-55-58-61-67(78)73(82)75-65(66(77)60-57-54-51-48-45-42-24-21-18-15-12-9-6-3)64-83-74-72(71(81)70(80)68(63-76)84-74)85-69(79)62-59-56-53-50-47-44-41-38-28-26-23-20-17-14-11-8-5-2/h8,11,16-17,19-20,25-28,41,44,50,53,57,60,65-68,70-72,74,76-78,80-81H,4-7,9-10,12-15,18,21-24,29-40,42-43,45-49,51-52,54-56,58-59,61-64H2,1-3H3,(H,75,82)/b11-8-,19-16-,20-17-,27-25-,28-26-,44-41-,53-50-,60-57+. The Balaban J connectivity index is 2.60. The fourth-order valence-electron chi connectivity index (χ4n) is 10.5. The van der Waals surface area contributed by atoms with Crippen molar-refractivity contribution in [3.8, 4) is 0 Å². The van der Waals surface area contributed by atoms with Crippen molar-refractivity contribution in [2.75, 3.05) is 13.2 Å². The van der Waals surface area contributed by atoms with E-state index in [-0.39, 0.29) is 19.4 Å². The van der Waals surface area contributed by atoms with Crippen LogP contribution in [-0.4, -0.2) is 99.6 Å². The zero-order valence-corrected chi connectivity index (χ0v) is 54.5. The van der Waals surface area contributed by atoms with E-state index in [0.29, 0.717) is 19.3 Å². The molecule has 1 aliphatic heterocycles. The summed E-state index contributed by atoms with van der Waals surface area (Å²) in [5, 5.41) is 57.2. The maximum absolute atomic E-state index is 13.5. The fraction of sp³-hybridized carbons (Fsp3) is 0.757. The molecule has 85 heavy (non-hydrogen) atoms. The third-order valence-corrected chi connectivity index (χ3v) is 16.0. The molecule has 1 amide bonds. The Morgan fingerprint density at radius 2 is 0.847 bits per heavy atom. The Labute approximate surface area is 520 Å². The summed E-state index contributed by atoms with van der Waals surface area (Å²) < 4.78 is 17.6. The molecule has 8 unspecified atom stereocenters. The molecule has 11 heteroatoms. The minimum atomic E-state index is -1.64. The van der Waals surface area contributed by atoms with E-state index in [0.717, 1.165) is 77.0 Å². The number of carbonyl (C=O) groups excluding carboxylic acids is 2. The predicted octanol–water partition coefficient (Wildman–Crippen LogP) is 17.8. The molecule has 1 aliphatic rings. The molecular formula is C74H129NO10. The fourth-order valence-corrected chi connectivity index (χ4v) is 10.5. The normalized spacial score (nSPS) is 19.0. The van der Waals surface area contributed by atoms with Gasteiger partial charge >= 0.3 is 5.97 Å². The molecule has 0 radical (unpaired) electrons. The van der Waals surface area contributed by atoms with Gasteiger partial charge in [0.25, 0.3) is 0 Å². The SMILES string of the molecule is CC/C=C\C/C=C\C/C=C\C/C=C\C/C=C\CCCC(=O)OC1C(OCC(NC(=O)C(O)CCCCCCCCCCCCCCCCCC/C=C\C/C=C\CCCCC)C(O)/C=C/CCCCCCCCCCCCC)OC(CO)C(O)C1O. The number of unbranched alkanes of at least 4 members (excludes halogenated alkanes) is 31. The highest BCUT2D eigenvalue weighted by Crippen LogP contribution is 2.26. The third-order valence-electron chi connectivity index (χ3n) is 16.0. The Hall–Kier alpha value is -3.42. The number of aliphatic hydroxyl groups is 5. The number of aliphatic hydroxyl groups excluding tert-OH is 5. The second-order valence-electron chi connectivity index (χ2n) is 23.9. The largest absolute Gasteiger partial charge is 0.454 e. The number of rotatable bonds is 59. The van der Waals surface area contributed by atoms with Gasteiger partial charge in [0.15, 0.2) is 12.4 Å². The van der Waals surface area contributed by atoms with Crippen LogP contribution in [0.5, 0.6) is 0 Å². The highest BCUT2D eigenvalue weighted by molar-refractivity contribution is 5.80. The molecule has 1 rings (SSSR count). The van der Waals surface area contributed by atoms with E-state index in [1.165, 1.54) is 167 Å². The maximum Gasteiger partial charge on any atom is 0.306 e. The van der Waals surface area contributed by atoms with Gasteiger partial charge in [0.05, 0.1) is 25.4 Å². The summed E-state index contributed by atoms with van der Waals surface area (Å²) in [6, 6.07) is -1.04. The van der Waals surface area contributed by atoms with Crippen LogP contribution >= 0.6 is 0 Å². The summed E-state index contributed by atoms with van der Waals surface area (Å²) in [7, 11) is 0. The van der Waals surface area contributed by atoms with E-state index in [4.69, 9.17) is 14.2 Å². The number of hydrogen-bond donors (Lipinski definition) is 6. The minimum Gasteiger partial charge on any atom is -0.454 e. The Morgan fingerprint density at radius 1 is 0.471 bits per heavy atom. The zero-order valence-electron chi connectivity index (χ0n) is 54.5. The van der Waals surface area contributed by atoms with Gasteiger partial charge < -0.3 is 45.1 Å². The molecule has 0 aliphatic carbocycles. The predicted molar refractivity (Wildman–Crippen MR) is 356 cm³/mol. The summed E-state index contributed by atoms with van der Waals surface area (Å²) in [4.78, 5) is 26.6. The van der Waals surface area contributed by atoms with Crippen LogP contribution in [0.2, 0.25) is 0 Å². The summed E-state index contributed by atoms with van der Waals surface area (Å²) in [6.07, 6.45) is 71.7. The van der Waals surface area contributed by atoms with Gasteiger partial charge in [-0.2, -0.15) is 0 Å². The monoisotopic (exact) mass is 1190 g/mol. The van der Waals surface area contributed by atoms with Gasteiger partial charge in [-0.25, -0.2) is 0 Å². The highest BCUT2D eigenvalue weighted by Gasteiger charge is 2.47. The molecular weight excluding hydrogens is 1060 g/mol. The molecule has 0 spiro atoms. The Morgan fingerprint density at radius 3 is 1.29 bits per heavy atom. The number of hydrogen-bond acceptors (Lipinski definition) is 10. The van der Waals surface area contributed by atoms with E-state index in [2.05, 4.69) is 99.0 Å². The summed E-state index contributed by atoms with van der Waals surface area (Å²) >= 11 is 0. The average Bonchev–Trinajstić information content (AvgIpc) is 3.16. The van der Waals surface area contributed by atoms with Gasteiger partial charge in [-0.15, -0.1) is 0 Å². The molecule has 0 aromatic rings. The number of carbonyl (C=O) groups is 2. The van der Waals surface area contributed by atoms with Crippen molar-refractivity contribution in [1.29, 1.82) is 0 Å².